The minimum atomic E-state index is 0.647. The lowest BCUT2D eigenvalue weighted by Crippen LogP contribution is -1.99. The summed E-state index contributed by atoms with van der Waals surface area (Å²) in [4.78, 5) is 4.40. The molecule has 0 saturated heterocycles. The molecule has 0 aliphatic carbocycles. The summed E-state index contributed by atoms with van der Waals surface area (Å²) in [7, 11) is 0. The number of furan rings is 1. The summed E-state index contributed by atoms with van der Waals surface area (Å²) >= 11 is 6.12. The van der Waals surface area contributed by atoms with Gasteiger partial charge >= 0.3 is 0 Å². The number of rotatable bonds is 3. The second kappa shape index (κ2) is 4.94. The second-order valence-corrected chi connectivity index (χ2v) is 4.77. The molecule has 0 amide bonds. The molecule has 0 spiro atoms. The SMILES string of the molecule is Cc1c(Cl)ccc2c(NCc3ccco3)ccnc12. The summed E-state index contributed by atoms with van der Waals surface area (Å²) in [5.41, 5.74) is 2.96. The van der Waals surface area contributed by atoms with Crippen LogP contribution in [0.25, 0.3) is 10.9 Å². The third-order valence-corrected chi connectivity index (χ3v) is 3.54. The zero-order valence-electron chi connectivity index (χ0n) is 10.5. The fourth-order valence-corrected chi connectivity index (χ4v) is 2.24. The van der Waals surface area contributed by atoms with E-state index in [0.29, 0.717) is 6.54 Å². The van der Waals surface area contributed by atoms with E-state index in [-0.39, 0.29) is 0 Å². The fraction of sp³-hybridized carbons (Fsp3) is 0.133. The highest BCUT2D eigenvalue weighted by molar-refractivity contribution is 6.32. The molecule has 3 nitrogen and oxygen atoms in total. The average Bonchev–Trinajstić information content (AvgIpc) is 2.94. The van der Waals surface area contributed by atoms with Gasteiger partial charge in [-0.05, 0) is 42.8 Å². The van der Waals surface area contributed by atoms with E-state index < -0.39 is 0 Å². The predicted octanol–water partition coefficient (Wildman–Crippen LogP) is 4.40. The maximum atomic E-state index is 6.12. The molecular formula is C15H13ClN2O. The Labute approximate surface area is 116 Å². The highest BCUT2D eigenvalue weighted by Crippen LogP contribution is 2.28. The van der Waals surface area contributed by atoms with Gasteiger partial charge in [0.2, 0.25) is 0 Å². The first-order chi connectivity index (χ1) is 9.25. The molecule has 3 aromatic rings. The standard InChI is InChI=1S/C15H13ClN2O/c1-10-13(16)5-4-12-14(6-7-17-15(10)12)18-9-11-3-2-8-19-11/h2-8H,9H2,1H3,(H,17,18). The van der Waals surface area contributed by atoms with Crippen LogP contribution in [0.1, 0.15) is 11.3 Å². The zero-order chi connectivity index (χ0) is 13.2. The van der Waals surface area contributed by atoms with Crippen LogP contribution in [0.4, 0.5) is 5.69 Å². The number of nitrogens with one attached hydrogen (secondary N) is 1. The second-order valence-electron chi connectivity index (χ2n) is 4.36. The van der Waals surface area contributed by atoms with Gasteiger partial charge in [0, 0.05) is 22.3 Å². The molecule has 96 valence electrons. The van der Waals surface area contributed by atoms with Crippen molar-refractivity contribution in [1.82, 2.24) is 4.98 Å². The lowest BCUT2D eigenvalue weighted by molar-refractivity contribution is 0.518. The topological polar surface area (TPSA) is 38.1 Å². The van der Waals surface area contributed by atoms with Crippen LogP contribution in [-0.2, 0) is 6.54 Å². The number of benzene rings is 1. The molecule has 19 heavy (non-hydrogen) atoms. The summed E-state index contributed by atoms with van der Waals surface area (Å²) < 4.78 is 5.31. The van der Waals surface area contributed by atoms with Gasteiger partial charge in [-0.25, -0.2) is 0 Å². The Morgan fingerprint density at radius 1 is 1.26 bits per heavy atom. The van der Waals surface area contributed by atoms with Gasteiger partial charge in [-0.15, -0.1) is 0 Å². The van der Waals surface area contributed by atoms with Crippen molar-refractivity contribution in [3.8, 4) is 0 Å². The van der Waals surface area contributed by atoms with Gasteiger partial charge in [0.25, 0.3) is 0 Å². The van der Waals surface area contributed by atoms with Crippen LogP contribution in [0.15, 0.2) is 47.2 Å². The molecule has 0 unspecified atom stereocenters. The van der Waals surface area contributed by atoms with Crippen molar-refractivity contribution >= 4 is 28.2 Å². The number of fused-ring (bicyclic) bond motifs is 1. The average molecular weight is 273 g/mol. The van der Waals surface area contributed by atoms with E-state index in [1.807, 2.05) is 37.3 Å². The van der Waals surface area contributed by atoms with Crippen molar-refractivity contribution in [1.29, 1.82) is 0 Å². The zero-order valence-corrected chi connectivity index (χ0v) is 11.2. The minimum Gasteiger partial charge on any atom is -0.467 e. The monoisotopic (exact) mass is 272 g/mol. The molecule has 2 aromatic heterocycles. The number of pyridine rings is 1. The fourth-order valence-electron chi connectivity index (χ4n) is 2.09. The first-order valence-corrected chi connectivity index (χ1v) is 6.43. The van der Waals surface area contributed by atoms with Crippen LogP contribution in [-0.4, -0.2) is 4.98 Å². The van der Waals surface area contributed by atoms with Crippen molar-refractivity contribution in [3.05, 3.63) is 59.1 Å². The van der Waals surface area contributed by atoms with Gasteiger partial charge in [0.05, 0.1) is 18.3 Å². The molecule has 4 heteroatoms. The molecule has 1 aromatic carbocycles. The molecule has 3 rings (SSSR count). The predicted molar refractivity (Wildman–Crippen MR) is 77.5 cm³/mol. The van der Waals surface area contributed by atoms with Crippen molar-refractivity contribution in [3.63, 3.8) is 0 Å². The van der Waals surface area contributed by atoms with Crippen molar-refractivity contribution in [2.75, 3.05) is 5.32 Å². The smallest absolute Gasteiger partial charge is 0.122 e. The Morgan fingerprint density at radius 2 is 2.16 bits per heavy atom. The Balaban J connectivity index is 1.97. The maximum absolute atomic E-state index is 6.12. The third kappa shape index (κ3) is 2.29. The van der Waals surface area contributed by atoms with Gasteiger partial charge in [-0.2, -0.15) is 0 Å². The van der Waals surface area contributed by atoms with Crippen LogP contribution < -0.4 is 5.32 Å². The van der Waals surface area contributed by atoms with E-state index in [2.05, 4.69) is 10.3 Å². The number of anilines is 1. The van der Waals surface area contributed by atoms with Crippen LogP contribution in [0.2, 0.25) is 5.02 Å². The summed E-state index contributed by atoms with van der Waals surface area (Å²) in [6.45, 7) is 2.63. The first kappa shape index (κ1) is 12.1. The summed E-state index contributed by atoms with van der Waals surface area (Å²) in [5.74, 6) is 0.899. The van der Waals surface area contributed by atoms with Gasteiger partial charge in [0.1, 0.15) is 5.76 Å². The number of nitrogens with zero attached hydrogens (tertiary/aromatic N) is 1. The van der Waals surface area contributed by atoms with Gasteiger partial charge < -0.3 is 9.73 Å². The van der Waals surface area contributed by atoms with E-state index in [4.69, 9.17) is 16.0 Å². The van der Waals surface area contributed by atoms with Gasteiger partial charge in [-0.3, -0.25) is 4.98 Å². The molecule has 0 atom stereocenters. The number of hydrogen-bond acceptors (Lipinski definition) is 3. The Kier molecular flexibility index (Phi) is 3.13. The molecule has 0 bridgehead atoms. The lowest BCUT2D eigenvalue weighted by Gasteiger charge is -2.10. The van der Waals surface area contributed by atoms with Crippen molar-refractivity contribution in [2.45, 2.75) is 13.5 Å². The quantitative estimate of drug-likeness (QED) is 0.768. The van der Waals surface area contributed by atoms with E-state index in [1.54, 1.807) is 12.5 Å². The van der Waals surface area contributed by atoms with Crippen LogP contribution in [0.3, 0.4) is 0 Å². The number of aromatic nitrogens is 1. The summed E-state index contributed by atoms with van der Waals surface area (Å²) in [5, 5.41) is 5.16. The molecule has 0 fully saturated rings. The molecule has 0 aliphatic heterocycles. The minimum absolute atomic E-state index is 0.647. The van der Waals surface area contributed by atoms with Gasteiger partial charge in [-0.1, -0.05) is 11.6 Å². The van der Waals surface area contributed by atoms with Crippen molar-refractivity contribution < 1.29 is 4.42 Å². The normalized spacial score (nSPS) is 10.8. The molecule has 0 saturated carbocycles. The largest absolute Gasteiger partial charge is 0.467 e. The van der Waals surface area contributed by atoms with E-state index >= 15 is 0 Å². The maximum Gasteiger partial charge on any atom is 0.122 e. The Bertz CT molecular complexity index is 707. The molecular weight excluding hydrogens is 260 g/mol. The lowest BCUT2D eigenvalue weighted by atomic mass is 10.1. The molecule has 0 aliphatic rings. The Morgan fingerprint density at radius 3 is 2.95 bits per heavy atom. The first-order valence-electron chi connectivity index (χ1n) is 6.06. The molecule has 1 N–H and O–H groups in total. The van der Waals surface area contributed by atoms with E-state index in [9.17, 15) is 0 Å². The van der Waals surface area contributed by atoms with Crippen LogP contribution in [0.5, 0.6) is 0 Å². The number of hydrogen-bond donors (Lipinski definition) is 1. The van der Waals surface area contributed by atoms with E-state index in [1.165, 1.54) is 0 Å². The van der Waals surface area contributed by atoms with Crippen LogP contribution >= 0.6 is 11.6 Å². The summed E-state index contributed by atoms with van der Waals surface area (Å²) in [6, 6.07) is 9.67. The van der Waals surface area contributed by atoms with Crippen LogP contribution in [0, 0.1) is 6.92 Å². The number of halogens is 1. The highest BCUT2D eigenvalue weighted by Gasteiger charge is 2.07. The van der Waals surface area contributed by atoms with Crippen molar-refractivity contribution in [2.24, 2.45) is 0 Å². The third-order valence-electron chi connectivity index (χ3n) is 3.13. The molecule has 2 heterocycles. The number of aryl methyl sites for hydroxylation is 1. The summed E-state index contributed by atoms with van der Waals surface area (Å²) in [6.07, 6.45) is 3.46. The van der Waals surface area contributed by atoms with Gasteiger partial charge in [0.15, 0.2) is 0 Å². The highest BCUT2D eigenvalue weighted by atomic mass is 35.5. The Hall–Kier alpha value is -2.00. The van der Waals surface area contributed by atoms with E-state index in [0.717, 1.165) is 32.9 Å². The molecule has 0 radical (unpaired) electrons.